The molecule has 1 unspecified atom stereocenters. The molecule has 0 fully saturated rings. The molecule has 0 spiro atoms. The summed E-state index contributed by atoms with van der Waals surface area (Å²) in [5.74, 6) is 0.216. The predicted molar refractivity (Wildman–Crippen MR) is 71.9 cm³/mol. The van der Waals surface area contributed by atoms with E-state index in [9.17, 15) is 0 Å². The third kappa shape index (κ3) is 4.19. The summed E-state index contributed by atoms with van der Waals surface area (Å²) < 4.78 is 0. The Morgan fingerprint density at radius 1 is 1.29 bits per heavy atom. The Kier molecular flexibility index (Phi) is 5.70. The molecular formula is C14H22N2O. The van der Waals surface area contributed by atoms with Gasteiger partial charge in [0.1, 0.15) is 0 Å². The standard InChI is InChI=1S/C14H22N2O/c1-4-14(15-17)13(10-11-16(2)3)12-8-6-5-7-9-12/h5-9,13,17H,4,10-11H2,1-3H3/b15-14+. The Balaban J connectivity index is 2.86. The van der Waals surface area contributed by atoms with E-state index in [0.717, 1.165) is 25.1 Å². The molecule has 1 aromatic rings. The van der Waals surface area contributed by atoms with Crippen LogP contribution in [0.3, 0.4) is 0 Å². The SMILES string of the molecule is CC/C(=N\O)C(CCN(C)C)c1ccccc1. The Morgan fingerprint density at radius 3 is 2.41 bits per heavy atom. The van der Waals surface area contributed by atoms with Gasteiger partial charge in [0.15, 0.2) is 0 Å². The van der Waals surface area contributed by atoms with Gasteiger partial charge in [0, 0.05) is 5.92 Å². The number of rotatable bonds is 6. The zero-order chi connectivity index (χ0) is 12.7. The van der Waals surface area contributed by atoms with Crippen molar-refractivity contribution in [2.75, 3.05) is 20.6 Å². The average molecular weight is 234 g/mol. The maximum atomic E-state index is 9.10. The molecule has 0 bridgehead atoms. The fourth-order valence-electron chi connectivity index (χ4n) is 1.99. The fraction of sp³-hybridized carbons (Fsp3) is 0.500. The summed E-state index contributed by atoms with van der Waals surface area (Å²) in [6.07, 6.45) is 1.76. The Labute approximate surface area is 104 Å². The van der Waals surface area contributed by atoms with Crippen LogP contribution in [0.15, 0.2) is 35.5 Å². The summed E-state index contributed by atoms with van der Waals surface area (Å²) >= 11 is 0. The number of hydrogen-bond donors (Lipinski definition) is 1. The first-order valence-corrected chi connectivity index (χ1v) is 6.09. The lowest BCUT2D eigenvalue weighted by molar-refractivity contribution is 0.313. The first kappa shape index (κ1) is 13.7. The van der Waals surface area contributed by atoms with Gasteiger partial charge in [0.25, 0.3) is 0 Å². The molecule has 0 amide bonds. The van der Waals surface area contributed by atoms with Crippen molar-refractivity contribution in [1.82, 2.24) is 4.90 Å². The highest BCUT2D eigenvalue weighted by Gasteiger charge is 2.17. The molecule has 1 aromatic carbocycles. The lowest BCUT2D eigenvalue weighted by atomic mass is 9.89. The minimum atomic E-state index is 0.216. The van der Waals surface area contributed by atoms with Crippen LogP contribution in [-0.4, -0.2) is 36.5 Å². The lowest BCUT2D eigenvalue weighted by Crippen LogP contribution is -2.20. The van der Waals surface area contributed by atoms with Crippen molar-refractivity contribution in [3.63, 3.8) is 0 Å². The van der Waals surface area contributed by atoms with E-state index < -0.39 is 0 Å². The molecule has 0 aromatic heterocycles. The molecule has 0 saturated carbocycles. The topological polar surface area (TPSA) is 35.8 Å². The van der Waals surface area contributed by atoms with Gasteiger partial charge in [-0.1, -0.05) is 42.4 Å². The number of oxime groups is 1. The van der Waals surface area contributed by atoms with Crippen LogP contribution < -0.4 is 0 Å². The van der Waals surface area contributed by atoms with Gasteiger partial charge < -0.3 is 10.1 Å². The van der Waals surface area contributed by atoms with Gasteiger partial charge in [0.2, 0.25) is 0 Å². The second-order valence-electron chi connectivity index (χ2n) is 4.50. The second-order valence-corrected chi connectivity index (χ2v) is 4.50. The van der Waals surface area contributed by atoms with Crippen molar-refractivity contribution in [2.45, 2.75) is 25.7 Å². The van der Waals surface area contributed by atoms with Crippen molar-refractivity contribution < 1.29 is 5.21 Å². The molecule has 3 nitrogen and oxygen atoms in total. The van der Waals surface area contributed by atoms with Crippen LogP contribution in [0.4, 0.5) is 0 Å². The van der Waals surface area contributed by atoms with E-state index in [1.165, 1.54) is 5.56 Å². The Hall–Kier alpha value is -1.35. The van der Waals surface area contributed by atoms with Crippen LogP contribution in [0.1, 0.15) is 31.2 Å². The van der Waals surface area contributed by atoms with Crippen molar-refractivity contribution in [3.8, 4) is 0 Å². The molecule has 0 saturated heterocycles. The average Bonchev–Trinajstić information content (AvgIpc) is 2.35. The molecule has 1 N–H and O–H groups in total. The number of nitrogens with zero attached hydrogens (tertiary/aromatic N) is 2. The first-order chi connectivity index (χ1) is 8.19. The van der Waals surface area contributed by atoms with Crippen LogP contribution in [0.25, 0.3) is 0 Å². The van der Waals surface area contributed by atoms with Crippen LogP contribution in [0, 0.1) is 0 Å². The van der Waals surface area contributed by atoms with Gasteiger partial charge in [-0.2, -0.15) is 0 Å². The minimum Gasteiger partial charge on any atom is -0.411 e. The van der Waals surface area contributed by atoms with E-state index in [4.69, 9.17) is 5.21 Å². The summed E-state index contributed by atoms with van der Waals surface area (Å²) in [4.78, 5) is 2.15. The molecular weight excluding hydrogens is 212 g/mol. The fourth-order valence-corrected chi connectivity index (χ4v) is 1.99. The Morgan fingerprint density at radius 2 is 1.94 bits per heavy atom. The van der Waals surface area contributed by atoms with E-state index in [0.29, 0.717) is 0 Å². The molecule has 1 rings (SSSR count). The lowest BCUT2D eigenvalue weighted by Gasteiger charge is -2.20. The first-order valence-electron chi connectivity index (χ1n) is 6.09. The van der Waals surface area contributed by atoms with E-state index in [-0.39, 0.29) is 5.92 Å². The summed E-state index contributed by atoms with van der Waals surface area (Å²) in [5, 5.41) is 12.6. The van der Waals surface area contributed by atoms with E-state index in [1.807, 2.05) is 25.1 Å². The van der Waals surface area contributed by atoms with Crippen LogP contribution in [-0.2, 0) is 0 Å². The van der Waals surface area contributed by atoms with E-state index in [1.54, 1.807) is 0 Å². The molecule has 0 heterocycles. The Bertz CT molecular complexity index is 346. The molecule has 94 valence electrons. The maximum absolute atomic E-state index is 9.10. The van der Waals surface area contributed by atoms with E-state index >= 15 is 0 Å². The zero-order valence-corrected chi connectivity index (χ0v) is 10.9. The molecule has 0 radical (unpaired) electrons. The van der Waals surface area contributed by atoms with Gasteiger partial charge in [-0.25, -0.2) is 0 Å². The zero-order valence-electron chi connectivity index (χ0n) is 10.9. The van der Waals surface area contributed by atoms with Gasteiger partial charge in [0.05, 0.1) is 5.71 Å². The largest absolute Gasteiger partial charge is 0.411 e. The van der Waals surface area contributed by atoms with Gasteiger partial charge in [-0.3, -0.25) is 0 Å². The molecule has 17 heavy (non-hydrogen) atoms. The summed E-state index contributed by atoms with van der Waals surface area (Å²) in [5.41, 5.74) is 2.09. The summed E-state index contributed by atoms with van der Waals surface area (Å²) in [6, 6.07) is 10.3. The second kappa shape index (κ2) is 7.07. The predicted octanol–water partition coefficient (Wildman–Crippen LogP) is 2.96. The van der Waals surface area contributed by atoms with Crippen molar-refractivity contribution >= 4 is 5.71 Å². The van der Waals surface area contributed by atoms with Crippen molar-refractivity contribution in [3.05, 3.63) is 35.9 Å². The summed E-state index contributed by atoms with van der Waals surface area (Å²) in [7, 11) is 4.12. The van der Waals surface area contributed by atoms with Crippen LogP contribution in [0.2, 0.25) is 0 Å². The summed E-state index contributed by atoms with van der Waals surface area (Å²) in [6.45, 7) is 3.01. The molecule has 3 heteroatoms. The van der Waals surface area contributed by atoms with Crippen LogP contribution in [0.5, 0.6) is 0 Å². The molecule has 0 aliphatic carbocycles. The highest BCUT2D eigenvalue weighted by atomic mass is 16.4. The van der Waals surface area contributed by atoms with Crippen molar-refractivity contribution in [2.24, 2.45) is 5.16 Å². The third-order valence-corrected chi connectivity index (χ3v) is 2.96. The normalized spacial score (nSPS) is 14.0. The highest BCUT2D eigenvalue weighted by molar-refractivity contribution is 5.90. The van der Waals surface area contributed by atoms with Crippen molar-refractivity contribution in [1.29, 1.82) is 0 Å². The molecule has 0 aliphatic heterocycles. The minimum absolute atomic E-state index is 0.216. The smallest absolute Gasteiger partial charge is 0.0643 e. The maximum Gasteiger partial charge on any atom is 0.0643 e. The molecule has 1 atom stereocenters. The monoisotopic (exact) mass is 234 g/mol. The highest BCUT2D eigenvalue weighted by Crippen LogP contribution is 2.23. The number of hydrogen-bond acceptors (Lipinski definition) is 3. The van der Waals surface area contributed by atoms with Gasteiger partial charge in [-0.05, 0) is 39.0 Å². The number of benzene rings is 1. The van der Waals surface area contributed by atoms with Gasteiger partial charge >= 0.3 is 0 Å². The quantitative estimate of drug-likeness (QED) is 0.466. The molecule has 0 aliphatic rings. The van der Waals surface area contributed by atoms with Crippen LogP contribution >= 0.6 is 0 Å². The third-order valence-electron chi connectivity index (χ3n) is 2.96. The van der Waals surface area contributed by atoms with Gasteiger partial charge in [-0.15, -0.1) is 0 Å². The van der Waals surface area contributed by atoms with E-state index in [2.05, 4.69) is 36.3 Å².